The molecule has 0 unspecified atom stereocenters. The molecule has 1 saturated heterocycles. The molecule has 214 valence electrons. The fourth-order valence-corrected chi connectivity index (χ4v) is 5.71. The minimum absolute atomic E-state index is 0.0628. The molecule has 1 aliphatic heterocycles. The Balaban J connectivity index is 2.11. The van der Waals surface area contributed by atoms with Crippen molar-refractivity contribution < 1.29 is 19.5 Å². The quantitative estimate of drug-likeness (QED) is 0.131. The van der Waals surface area contributed by atoms with Gasteiger partial charge in [0, 0.05) is 30.3 Å². The molecular formula is C31H61NO4. The minimum Gasteiger partial charge on any atom is -0.462 e. The zero-order valence-corrected chi connectivity index (χ0v) is 25.1. The standard InChI is InChI=1S/C31H61NO4/c1-8-9-10-11-12-13-14-15-16-17-18-19-20-21-22-23-28(33)36-27-24-29(2,3)32(30(4,5)25-27)35-26-31(6,7)34/h27,34H,8-26H2,1-7H3. The molecule has 0 aromatic rings. The molecule has 1 heterocycles. The Hall–Kier alpha value is -0.650. The summed E-state index contributed by atoms with van der Waals surface area (Å²) in [5.74, 6) is -0.0628. The van der Waals surface area contributed by atoms with Crippen LogP contribution in [0.15, 0.2) is 0 Å². The molecule has 5 nitrogen and oxygen atoms in total. The van der Waals surface area contributed by atoms with Gasteiger partial charge in [-0.25, -0.2) is 0 Å². The maximum Gasteiger partial charge on any atom is 0.306 e. The van der Waals surface area contributed by atoms with Crippen LogP contribution in [0.25, 0.3) is 0 Å². The van der Waals surface area contributed by atoms with Crippen molar-refractivity contribution in [1.29, 1.82) is 0 Å². The van der Waals surface area contributed by atoms with Crippen LogP contribution in [-0.4, -0.2) is 45.5 Å². The Morgan fingerprint density at radius 3 is 1.56 bits per heavy atom. The molecule has 5 heteroatoms. The summed E-state index contributed by atoms with van der Waals surface area (Å²) in [6, 6.07) is 0. The van der Waals surface area contributed by atoms with E-state index in [1.807, 2.05) is 5.06 Å². The number of hydrogen-bond acceptors (Lipinski definition) is 5. The Labute approximate surface area is 224 Å². The number of ether oxygens (including phenoxy) is 1. The van der Waals surface area contributed by atoms with Gasteiger partial charge in [-0.05, 0) is 48.0 Å². The number of nitrogens with zero attached hydrogens (tertiary/aromatic N) is 1. The van der Waals surface area contributed by atoms with Gasteiger partial charge in [-0.3, -0.25) is 9.63 Å². The van der Waals surface area contributed by atoms with Crippen molar-refractivity contribution in [3.63, 3.8) is 0 Å². The monoisotopic (exact) mass is 511 g/mol. The van der Waals surface area contributed by atoms with E-state index < -0.39 is 5.60 Å². The van der Waals surface area contributed by atoms with Gasteiger partial charge in [-0.2, -0.15) is 5.06 Å². The van der Waals surface area contributed by atoms with Crippen molar-refractivity contribution in [2.75, 3.05) is 6.61 Å². The van der Waals surface area contributed by atoms with Gasteiger partial charge in [0.1, 0.15) is 6.10 Å². The van der Waals surface area contributed by atoms with Crippen molar-refractivity contribution >= 4 is 5.97 Å². The molecule has 0 amide bonds. The molecule has 1 N–H and O–H groups in total. The summed E-state index contributed by atoms with van der Waals surface area (Å²) < 4.78 is 5.90. The van der Waals surface area contributed by atoms with Gasteiger partial charge < -0.3 is 9.84 Å². The Morgan fingerprint density at radius 2 is 1.17 bits per heavy atom. The highest BCUT2D eigenvalue weighted by atomic mass is 16.7. The van der Waals surface area contributed by atoms with E-state index in [-0.39, 0.29) is 29.8 Å². The van der Waals surface area contributed by atoms with Crippen molar-refractivity contribution in [3.05, 3.63) is 0 Å². The van der Waals surface area contributed by atoms with E-state index in [9.17, 15) is 9.90 Å². The molecule has 0 aromatic carbocycles. The summed E-state index contributed by atoms with van der Waals surface area (Å²) in [4.78, 5) is 18.5. The summed E-state index contributed by atoms with van der Waals surface area (Å²) >= 11 is 0. The average molecular weight is 512 g/mol. The smallest absolute Gasteiger partial charge is 0.306 e. The van der Waals surface area contributed by atoms with Crippen LogP contribution in [0.2, 0.25) is 0 Å². The highest BCUT2D eigenvalue weighted by Crippen LogP contribution is 2.40. The van der Waals surface area contributed by atoms with Crippen LogP contribution in [0.5, 0.6) is 0 Å². The first-order valence-corrected chi connectivity index (χ1v) is 15.2. The average Bonchev–Trinajstić information content (AvgIpc) is 2.73. The fourth-order valence-electron chi connectivity index (χ4n) is 5.71. The SMILES string of the molecule is CCCCCCCCCCCCCCCCCC(=O)OC1CC(C)(C)N(OCC(C)(C)O)C(C)(C)C1. The minimum atomic E-state index is -0.886. The second-order valence-electron chi connectivity index (χ2n) is 13.2. The molecule has 0 aromatic heterocycles. The summed E-state index contributed by atoms with van der Waals surface area (Å²) in [7, 11) is 0. The van der Waals surface area contributed by atoms with E-state index in [1.165, 1.54) is 83.5 Å². The number of hydrogen-bond donors (Lipinski definition) is 1. The summed E-state index contributed by atoms with van der Waals surface area (Å²) in [5, 5.41) is 12.1. The number of aliphatic hydroxyl groups is 1. The van der Waals surface area contributed by atoms with Crippen LogP contribution in [0.1, 0.15) is 164 Å². The predicted molar refractivity (Wildman–Crippen MR) is 151 cm³/mol. The first kappa shape index (κ1) is 33.4. The maximum atomic E-state index is 12.5. The molecule has 0 atom stereocenters. The zero-order chi connectivity index (χ0) is 27.1. The topological polar surface area (TPSA) is 59.0 Å². The molecular weight excluding hydrogens is 450 g/mol. The lowest BCUT2D eigenvalue weighted by Crippen LogP contribution is -2.62. The van der Waals surface area contributed by atoms with Crippen LogP contribution < -0.4 is 0 Å². The molecule has 0 radical (unpaired) electrons. The number of carbonyl (C=O) groups is 1. The van der Waals surface area contributed by atoms with Gasteiger partial charge in [0.25, 0.3) is 0 Å². The Bertz CT molecular complexity index is 564. The Kier molecular flexibility index (Phi) is 15.8. The van der Waals surface area contributed by atoms with Crippen molar-refractivity contribution in [3.8, 4) is 0 Å². The van der Waals surface area contributed by atoms with Gasteiger partial charge >= 0.3 is 5.97 Å². The van der Waals surface area contributed by atoms with Gasteiger partial charge in [0.05, 0.1) is 12.2 Å². The Morgan fingerprint density at radius 1 is 0.778 bits per heavy atom. The second kappa shape index (κ2) is 17.0. The molecule has 1 aliphatic rings. The van der Waals surface area contributed by atoms with Crippen molar-refractivity contribution in [1.82, 2.24) is 5.06 Å². The first-order valence-electron chi connectivity index (χ1n) is 15.2. The maximum absolute atomic E-state index is 12.5. The molecule has 1 fully saturated rings. The van der Waals surface area contributed by atoms with Gasteiger partial charge in [-0.15, -0.1) is 0 Å². The lowest BCUT2D eigenvalue weighted by Gasteiger charge is -2.53. The first-order chi connectivity index (χ1) is 16.9. The van der Waals surface area contributed by atoms with Gasteiger partial charge in [0.2, 0.25) is 0 Å². The molecule has 0 aliphatic carbocycles. The van der Waals surface area contributed by atoms with Crippen LogP contribution in [-0.2, 0) is 14.4 Å². The second-order valence-corrected chi connectivity index (χ2v) is 13.2. The largest absolute Gasteiger partial charge is 0.462 e. The normalized spacial score (nSPS) is 18.4. The van der Waals surface area contributed by atoms with E-state index in [4.69, 9.17) is 9.57 Å². The molecule has 36 heavy (non-hydrogen) atoms. The van der Waals surface area contributed by atoms with Crippen LogP contribution >= 0.6 is 0 Å². The lowest BCUT2D eigenvalue weighted by molar-refractivity contribution is -0.306. The number of esters is 1. The third-order valence-corrected chi connectivity index (χ3v) is 7.38. The van der Waals surface area contributed by atoms with Crippen LogP contribution in [0, 0.1) is 0 Å². The lowest BCUT2D eigenvalue weighted by atomic mass is 9.80. The third-order valence-electron chi connectivity index (χ3n) is 7.38. The van der Waals surface area contributed by atoms with Crippen LogP contribution in [0.4, 0.5) is 0 Å². The van der Waals surface area contributed by atoms with E-state index in [0.717, 1.165) is 25.7 Å². The number of piperidine rings is 1. The van der Waals surface area contributed by atoms with E-state index in [0.29, 0.717) is 6.42 Å². The van der Waals surface area contributed by atoms with E-state index >= 15 is 0 Å². The highest BCUT2D eigenvalue weighted by Gasteiger charge is 2.48. The van der Waals surface area contributed by atoms with E-state index in [2.05, 4.69) is 34.6 Å². The summed E-state index contributed by atoms with van der Waals surface area (Å²) in [6.45, 7) is 14.5. The molecule has 0 bridgehead atoms. The van der Waals surface area contributed by atoms with Crippen molar-refractivity contribution in [2.24, 2.45) is 0 Å². The molecule has 0 saturated carbocycles. The third kappa shape index (κ3) is 14.9. The molecule has 0 spiro atoms. The highest BCUT2D eigenvalue weighted by molar-refractivity contribution is 5.69. The van der Waals surface area contributed by atoms with Gasteiger partial charge in [-0.1, -0.05) is 96.8 Å². The van der Waals surface area contributed by atoms with Crippen LogP contribution in [0.3, 0.4) is 0 Å². The zero-order valence-electron chi connectivity index (χ0n) is 25.1. The molecule has 1 rings (SSSR count). The van der Waals surface area contributed by atoms with Gasteiger partial charge in [0.15, 0.2) is 0 Å². The number of carbonyl (C=O) groups excluding carboxylic acids is 1. The van der Waals surface area contributed by atoms with Crippen molar-refractivity contribution in [2.45, 2.75) is 187 Å². The van der Waals surface area contributed by atoms with E-state index in [1.54, 1.807) is 13.8 Å². The fraction of sp³-hybridized carbons (Fsp3) is 0.968. The number of hydroxylamine groups is 2. The number of unbranched alkanes of at least 4 members (excludes halogenated alkanes) is 14. The number of rotatable bonds is 20. The summed E-state index contributed by atoms with van der Waals surface area (Å²) in [6.07, 6.45) is 21.8. The predicted octanol–water partition coefficient (Wildman–Crippen LogP) is 8.52. The summed E-state index contributed by atoms with van der Waals surface area (Å²) in [5.41, 5.74) is -1.46.